The molecule has 15 heavy (non-hydrogen) atoms. The molecule has 0 aliphatic carbocycles. The van der Waals surface area contributed by atoms with Crippen molar-refractivity contribution >= 4 is 34.3 Å². The van der Waals surface area contributed by atoms with E-state index in [2.05, 4.69) is 10.9 Å². The summed E-state index contributed by atoms with van der Waals surface area (Å²) in [7, 11) is 0. The quantitative estimate of drug-likeness (QED) is 0.581. The molecular weight excluding hydrogens is 226 g/mol. The van der Waals surface area contributed by atoms with E-state index >= 15 is 0 Å². The molecule has 2 rings (SSSR count). The Morgan fingerprint density at radius 1 is 1.40 bits per heavy atom. The third-order valence-corrected chi connectivity index (χ3v) is 3.19. The first-order valence-corrected chi connectivity index (χ1v) is 5.78. The van der Waals surface area contributed by atoms with Gasteiger partial charge in [0.05, 0.1) is 11.3 Å². The standard InChI is InChI=1S/C12H8ClNS/c1-2-7-15-12-5-6-14-11-8-9(13)3-4-10(11)12/h1,3-6,8H,7H2. The molecule has 1 aromatic heterocycles. The maximum absolute atomic E-state index is 5.90. The summed E-state index contributed by atoms with van der Waals surface area (Å²) in [4.78, 5) is 5.41. The van der Waals surface area contributed by atoms with E-state index in [9.17, 15) is 0 Å². The normalized spacial score (nSPS) is 10.1. The maximum atomic E-state index is 5.90. The van der Waals surface area contributed by atoms with Gasteiger partial charge < -0.3 is 0 Å². The topological polar surface area (TPSA) is 12.9 Å². The highest BCUT2D eigenvalue weighted by molar-refractivity contribution is 7.99. The van der Waals surface area contributed by atoms with E-state index in [0.29, 0.717) is 10.8 Å². The zero-order valence-electron chi connectivity index (χ0n) is 7.90. The van der Waals surface area contributed by atoms with Gasteiger partial charge in [0.15, 0.2) is 0 Å². The zero-order chi connectivity index (χ0) is 10.7. The molecule has 0 bridgehead atoms. The zero-order valence-corrected chi connectivity index (χ0v) is 9.48. The van der Waals surface area contributed by atoms with Crippen LogP contribution in [0.1, 0.15) is 0 Å². The number of aromatic nitrogens is 1. The Balaban J connectivity index is 2.52. The highest BCUT2D eigenvalue weighted by Gasteiger charge is 2.02. The minimum Gasteiger partial charge on any atom is -0.256 e. The third kappa shape index (κ3) is 2.26. The molecule has 0 fully saturated rings. The summed E-state index contributed by atoms with van der Waals surface area (Å²) in [6.07, 6.45) is 7.01. The van der Waals surface area contributed by atoms with E-state index in [4.69, 9.17) is 18.0 Å². The summed E-state index contributed by atoms with van der Waals surface area (Å²) < 4.78 is 0. The molecule has 2 aromatic rings. The Hall–Kier alpha value is -1.17. The van der Waals surface area contributed by atoms with Crippen LogP contribution in [0.2, 0.25) is 5.02 Å². The molecule has 0 saturated carbocycles. The van der Waals surface area contributed by atoms with Crippen molar-refractivity contribution in [1.29, 1.82) is 0 Å². The summed E-state index contributed by atoms with van der Waals surface area (Å²) in [6.45, 7) is 0. The summed E-state index contributed by atoms with van der Waals surface area (Å²) in [6, 6.07) is 7.67. The predicted molar refractivity (Wildman–Crippen MR) is 66.3 cm³/mol. The van der Waals surface area contributed by atoms with Gasteiger partial charge >= 0.3 is 0 Å². The third-order valence-electron chi connectivity index (χ3n) is 1.98. The summed E-state index contributed by atoms with van der Waals surface area (Å²) in [5, 5.41) is 1.80. The molecule has 3 heteroatoms. The highest BCUT2D eigenvalue weighted by Crippen LogP contribution is 2.27. The molecular formula is C12H8ClNS. The van der Waals surface area contributed by atoms with Gasteiger partial charge in [-0.25, -0.2) is 0 Å². The molecule has 0 amide bonds. The van der Waals surface area contributed by atoms with Crippen LogP contribution in [0.15, 0.2) is 35.4 Å². The van der Waals surface area contributed by atoms with Crippen molar-refractivity contribution in [2.75, 3.05) is 5.75 Å². The maximum Gasteiger partial charge on any atom is 0.0728 e. The molecule has 0 radical (unpaired) electrons. The van der Waals surface area contributed by atoms with Crippen LogP contribution in [-0.2, 0) is 0 Å². The average molecular weight is 234 g/mol. The van der Waals surface area contributed by atoms with Crippen LogP contribution < -0.4 is 0 Å². The Labute approximate surface area is 97.9 Å². The molecule has 0 atom stereocenters. The lowest BCUT2D eigenvalue weighted by molar-refractivity contribution is 1.35. The van der Waals surface area contributed by atoms with Gasteiger partial charge in [0.25, 0.3) is 0 Å². The van der Waals surface area contributed by atoms with Gasteiger partial charge in [-0.05, 0) is 18.2 Å². The van der Waals surface area contributed by atoms with E-state index in [1.54, 1.807) is 18.0 Å². The van der Waals surface area contributed by atoms with Crippen LogP contribution in [-0.4, -0.2) is 10.7 Å². The number of fused-ring (bicyclic) bond motifs is 1. The Bertz CT molecular complexity index is 531. The number of terminal acetylenes is 1. The van der Waals surface area contributed by atoms with E-state index in [1.807, 2.05) is 24.3 Å². The van der Waals surface area contributed by atoms with Gasteiger partial charge in [0, 0.05) is 21.5 Å². The molecule has 1 aromatic carbocycles. The van der Waals surface area contributed by atoms with Gasteiger partial charge in [-0.15, -0.1) is 18.2 Å². The van der Waals surface area contributed by atoms with Crippen molar-refractivity contribution in [3.8, 4) is 12.3 Å². The number of thioether (sulfide) groups is 1. The second-order valence-corrected chi connectivity index (χ2v) is 4.42. The van der Waals surface area contributed by atoms with E-state index in [-0.39, 0.29) is 0 Å². The van der Waals surface area contributed by atoms with Crippen LogP contribution in [0.5, 0.6) is 0 Å². The summed E-state index contributed by atoms with van der Waals surface area (Å²) >= 11 is 7.53. The minimum atomic E-state index is 0.668. The molecule has 0 saturated heterocycles. The average Bonchev–Trinajstić information content (AvgIpc) is 2.25. The van der Waals surface area contributed by atoms with Crippen molar-refractivity contribution in [2.24, 2.45) is 0 Å². The van der Waals surface area contributed by atoms with Crippen molar-refractivity contribution in [3.05, 3.63) is 35.5 Å². The largest absolute Gasteiger partial charge is 0.256 e. The second kappa shape index (κ2) is 4.57. The summed E-state index contributed by atoms with van der Waals surface area (Å²) in [5.41, 5.74) is 0.907. The number of nitrogens with zero attached hydrogens (tertiary/aromatic N) is 1. The molecule has 0 N–H and O–H groups in total. The van der Waals surface area contributed by atoms with Gasteiger partial charge in [-0.3, -0.25) is 4.98 Å². The first-order valence-electron chi connectivity index (χ1n) is 4.42. The SMILES string of the molecule is C#CCSc1ccnc2cc(Cl)ccc12. The molecule has 0 unspecified atom stereocenters. The van der Waals surface area contributed by atoms with Crippen molar-refractivity contribution in [3.63, 3.8) is 0 Å². The number of hydrogen-bond acceptors (Lipinski definition) is 2. The highest BCUT2D eigenvalue weighted by atomic mass is 35.5. The molecule has 1 heterocycles. The van der Waals surface area contributed by atoms with Crippen molar-refractivity contribution < 1.29 is 0 Å². The molecule has 0 aliphatic heterocycles. The van der Waals surface area contributed by atoms with Crippen LogP contribution in [0.25, 0.3) is 10.9 Å². The van der Waals surface area contributed by atoms with Gasteiger partial charge in [-0.2, -0.15) is 0 Å². The lowest BCUT2D eigenvalue weighted by Crippen LogP contribution is -1.82. The van der Waals surface area contributed by atoms with Crippen molar-refractivity contribution in [2.45, 2.75) is 4.90 Å². The molecule has 0 aliphatic rings. The predicted octanol–water partition coefficient (Wildman–Crippen LogP) is 3.61. The number of rotatable bonds is 2. The van der Waals surface area contributed by atoms with Gasteiger partial charge in [0.2, 0.25) is 0 Å². The Morgan fingerprint density at radius 2 is 2.27 bits per heavy atom. The lowest BCUT2D eigenvalue weighted by atomic mass is 10.2. The molecule has 1 nitrogen and oxygen atoms in total. The Kier molecular flexibility index (Phi) is 3.15. The fraction of sp³-hybridized carbons (Fsp3) is 0.0833. The fourth-order valence-electron chi connectivity index (χ4n) is 1.34. The van der Waals surface area contributed by atoms with Crippen LogP contribution in [0, 0.1) is 12.3 Å². The first-order chi connectivity index (χ1) is 7.31. The van der Waals surface area contributed by atoms with Gasteiger partial charge in [0.1, 0.15) is 0 Å². The van der Waals surface area contributed by atoms with Crippen LogP contribution in [0.3, 0.4) is 0 Å². The van der Waals surface area contributed by atoms with Gasteiger partial charge in [-0.1, -0.05) is 23.6 Å². The number of benzene rings is 1. The minimum absolute atomic E-state index is 0.668. The molecule has 0 spiro atoms. The number of halogens is 1. The van der Waals surface area contributed by atoms with E-state index in [0.717, 1.165) is 15.8 Å². The van der Waals surface area contributed by atoms with Crippen LogP contribution >= 0.6 is 23.4 Å². The second-order valence-electron chi connectivity index (χ2n) is 2.96. The Morgan fingerprint density at radius 3 is 3.07 bits per heavy atom. The monoisotopic (exact) mass is 233 g/mol. The smallest absolute Gasteiger partial charge is 0.0728 e. The molecule has 74 valence electrons. The number of pyridine rings is 1. The van der Waals surface area contributed by atoms with Crippen LogP contribution in [0.4, 0.5) is 0 Å². The fourth-order valence-corrected chi connectivity index (χ4v) is 2.23. The van der Waals surface area contributed by atoms with E-state index < -0.39 is 0 Å². The first kappa shape index (κ1) is 10.4. The summed E-state index contributed by atoms with van der Waals surface area (Å²) in [5.74, 6) is 3.28. The van der Waals surface area contributed by atoms with E-state index in [1.165, 1.54) is 0 Å². The number of hydrogen-bond donors (Lipinski definition) is 0. The van der Waals surface area contributed by atoms with Crippen molar-refractivity contribution in [1.82, 2.24) is 4.98 Å². The lowest BCUT2D eigenvalue weighted by Gasteiger charge is -2.03.